The van der Waals surface area contributed by atoms with Crippen LogP contribution < -0.4 is 0 Å². The molecule has 5 heteroatoms. The molecule has 10 heavy (non-hydrogen) atoms. The summed E-state index contributed by atoms with van der Waals surface area (Å²) < 4.78 is 0.750. The Balaban J connectivity index is 0. The van der Waals surface area contributed by atoms with E-state index in [1.165, 1.54) is 0 Å². The molecule has 0 unspecified atom stereocenters. The molecular weight excluding hydrogens is 227 g/mol. The molecule has 55 valence electrons. The zero-order valence-electron chi connectivity index (χ0n) is 5.66. The molecule has 3 nitrogen and oxygen atoms in total. The summed E-state index contributed by atoms with van der Waals surface area (Å²) in [6, 6.07) is 0. The molecule has 1 fully saturated rings. The van der Waals surface area contributed by atoms with E-state index < -0.39 is 0 Å². The Morgan fingerprint density at radius 2 is 1.50 bits per heavy atom. The van der Waals surface area contributed by atoms with Gasteiger partial charge in [0.05, 0.1) is 0 Å². The zero-order valence-corrected chi connectivity index (χ0v) is 9.32. The van der Waals surface area contributed by atoms with Crippen molar-refractivity contribution in [2.75, 3.05) is 0 Å². The Hall–Kier alpha value is 0.594. The van der Waals surface area contributed by atoms with E-state index in [1.807, 2.05) is 0 Å². The van der Waals surface area contributed by atoms with E-state index in [-0.39, 0.29) is 52.0 Å². The number of carbonyl (C=O) groups excluding carboxylic acids is 2. The fourth-order valence-electron chi connectivity index (χ4n) is 0.556. The normalized spacial score (nSPS) is 16.3. The van der Waals surface area contributed by atoms with Crippen molar-refractivity contribution in [2.45, 2.75) is 12.8 Å². The third-order valence-electron chi connectivity index (χ3n) is 1.01. The first-order valence-corrected chi connectivity index (χ1v) is 2.61. The third-order valence-corrected chi connectivity index (χ3v) is 1.41. The summed E-state index contributed by atoms with van der Waals surface area (Å²) in [4.78, 5) is 20.8. The van der Waals surface area contributed by atoms with Crippen LogP contribution in [0.25, 0.3) is 0 Å². The van der Waals surface area contributed by atoms with Crippen molar-refractivity contribution in [3.63, 3.8) is 0 Å². The number of amides is 2. The molecule has 0 aromatic heterocycles. The topological polar surface area (TPSA) is 37.4 Å². The number of hydrogen-bond donors (Lipinski definition) is 0. The van der Waals surface area contributed by atoms with E-state index in [9.17, 15) is 9.59 Å². The molecule has 0 bridgehead atoms. The van der Waals surface area contributed by atoms with Crippen LogP contribution in [0.15, 0.2) is 0 Å². The fraction of sp³-hybridized carbons (Fsp3) is 0.400. The Morgan fingerprint density at radius 1 is 1.20 bits per heavy atom. The van der Waals surface area contributed by atoms with Crippen molar-refractivity contribution < 1.29 is 42.3 Å². The minimum absolute atomic E-state index is 0. The Kier molecular flexibility index (Phi) is 6.96. The molecule has 0 spiro atoms. The van der Waals surface area contributed by atoms with Gasteiger partial charge in [0.1, 0.15) is 0 Å². The van der Waals surface area contributed by atoms with E-state index in [4.69, 9.17) is 0 Å². The van der Waals surface area contributed by atoms with Gasteiger partial charge in [0.2, 0.25) is 11.8 Å². The number of imide groups is 1. The monoisotopic (exact) mass is 234 g/mol. The van der Waals surface area contributed by atoms with Crippen LogP contribution in [0.4, 0.5) is 0 Å². The van der Waals surface area contributed by atoms with Crippen molar-refractivity contribution in [1.29, 1.82) is 0 Å². The summed E-state index contributed by atoms with van der Waals surface area (Å²) in [5.41, 5.74) is 0. The molecule has 0 aromatic carbocycles. The van der Waals surface area contributed by atoms with Crippen LogP contribution in [0.1, 0.15) is 12.8 Å². The van der Waals surface area contributed by atoms with Gasteiger partial charge in [0.15, 0.2) is 0 Å². The Morgan fingerprint density at radius 3 is 1.60 bits per heavy atom. The second kappa shape index (κ2) is 5.27. The van der Waals surface area contributed by atoms with Crippen molar-refractivity contribution in [1.82, 2.24) is 4.31 Å². The summed E-state index contributed by atoms with van der Waals surface area (Å²) in [7, 11) is 0. The van der Waals surface area contributed by atoms with Gasteiger partial charge in [-0.25, -0.2) is 0 Å². The molecule has 1 aliphatic rings. The van der Waals surface area contributed by atoms with Crippen LogP contribution in [0.5, 0.6) is 0 Å². The largest absolute Gasteiger partial charge is 0.655 e. The molecule has 1 aliphatic heterocycles. The first kappa shape index (κ1) is 13.2. The molecule has 0 aliphatic carbocycles. The van der Waals surface area contributed by atoms with Gasteiger partial charge < -0.3 is 24.5 Å². The molecule has 1 saturated heterocycles. The first-order chi connectivity index (χ1) is 3.72. The van der Waals surface area contributed by atoms with E-state index in [2.05, 4.69) is 12.8 Å². The number of rotatable bonds is 0. The van der Waals surface area contributed by atoms with Crippen LogP contribution in [-0.2, 0) is 55.1 Å². The van der Waals surface area contributed by atoms with Gasteiger partial charge in [-0.1, -0.05) is 0 Å². The van der Waals surface area contributed by atoms with Gasteiger partial charge in [-0.15, -0.1) is 0 Å². The molecule has 1 heterocycles. The Labute approximate surface area is 91.0 Å². The maximum Gasteiger partial charge on any atom is 0.207 e. The molecule has 0 N–H and O–H groups in total. The van der Waals surface area contributed by atoms with Crippen LogP contribution in [0.3, 0.4) is 0 Å². The summed E-state index contributed by atoms with van der Waals surface area (Å²) in [5, 5.41) is 0. The van der Waals surface area contributed by atoms with Crippen LogP contribution in [-0.4, -0.2) is 16.1 Å². The van der Waals surface area contributed by atoms with Crippen molar-refractivity contribution in [2.24, 2.45) is 0 Å². The predicted octanol–water partition coefficient (Wildman–Crippen LogP) is 0.0451. The van der Waals surface area contributed by atoms with E-state index in [0.717, 1.165) is 4.31 Å². The quantitative estimate of drug-likeness (QED) is 0.337. The van der Waals surface area contributed by atoms with Crippen molar-refractivity contribution in [3.8, 4) is 0 Å². The molecule has 0 atom stereocenters. The zero-order chi connectivity index (χ0) is 6.15. The fourth-order valence-corrected chi connectivity index (χ4v) is 0.739. The molecule has 0 saturated carbocycles. The van der Waals surface area contributed by atoms with Crippen LogP contribution >= 0.6 is 0 Å². The van der Waals surface area contributed by atoms with Gasteiger partial charge in [-0.05, 0) is 0 Å². The van der Waals surface area contributed by atoms with Crippen molar-refractivity contribution in [3.05, 3.63) is 7.43 Å². The Bertz CT molecular complexity index is 135. The van der Waals surface area contributed by atoms with Gasteiger partial charge in [0.25, 0.3) is 0 Å². The maximum atomic E-state index is 10.4. The average Bonchev–Trinajstić information content (AvgIpc) is 1.98. The summed E-state index contributed by atoms with van der Waals surface area (Å²) in [6.45, 7) is 0. The van der Waals surface area contributed by atoms with E-state index in [1.54, 1.807) is 0 Å². The molecule has 2 amide bonds. The first-order valence-electron chi connectivity index (χ1n) is 2.25. The standard InChI is InChI=1S/C4H4NO2S.CH3.Y/c6-3-1-2-4(7)5(3)8;;/h1-2H2;1H3;/q2*-1;. The SMILES string of the molecule is O=C1CCC(=O)N1[S-].[CH3-].[Y]. The van der Waals surface area contributed by atoms with Crippen LogP contribution in [0.2, 0.25) is 0 Å². The number of nitrogens with zero attached hydrogens (tertiary/aromatic N) is 1. The van der Waals surface area contributed by atoms with Gasteiger partial charge in [-0.3, -0.25) is 9.59 Å². The average molecular weight is 234 g/mol. The van der Waals surface area contributed by atoms with E-state index in [0.29, 0.717) is 12.8 Å². The maximum absolute atomic E-state index is 10.4. The number of carbonyl (C=O) groups is 2. The predicted molar refractivity (Wildman–Crippen MR) is 34.9 cm³/mol. The van der Waals surface area contributed by atoms with Crippen molar-refractivity contribution >= 4 is 24.6 Å². The smallest absolute Gasteiger partial charge is 0.207 e. The molecular formula is C5H7NO2SY-2. The third kappa shape index (κ3) is 2.68. The minimum Gasteiger partial charge on any atom is -0.655 e. The minimum atomic E-state index is -0.245. The molecule has 0 aromatic rings. The van der Waals surface area contributed by atoms with Gasteiger partial charge in [0, 0.05) is 45.6 Å². The number of hydrogen-bond acceptors (Lipinski definition) is 3. The molecule has 1 radical (unpaired) electrons. The molecule has 1 rings (SSSR count). The van der Waals surface area contributed by atoms with Gasteiger partial charge >= 0.3 is 0 Å². The summed E-state index contributed by atoms with van der Waals surface area (Å²) in [5.74, 6) is -0.491. The van der Waals surface area contributed by atoms with E-state index >= 15 is 0 Å². The summed E-state index contributed by atoms with van der Waals surface area (Å²) in [6.07, 6.45) is 0.588. The summed E-state index contributed by atoms with van der Waals surface area (Å²) >= 11 is 4.38. The van der Waals surface area contributed by atoms with Crippen LogP contribution in [0, 0.1) is 7.43 Å². The van der Waals surface area contributed by atoms with Gasteiger partial charge in [-0.2, -0.15) is 0 Å². The second-order valence-corrected chi connectivity index (χ2v) is 1.95. The second-order valence-electron chi connectivity index (χ2n) is 1.58.